The molecule has 6 heteroatoms. The van der Waals surface area contributed by atoms with Gasteiger partial charge in [0.15, 0.2) is 0 Å². The summed E-state index contributed by atoms with van der Waals surface area (Å²) in [6.07, 6.45) is 1.77. The molecule has 0 fully saturated rings. The first-order valence-corrected chi connectivity index (χ1v) is 8.38. The summed E-state index contributed by atoms with van der Waals surface area (Å²) < 4.78 is 11.3. The Hall–Kier alpha value is -3.02. The molecule has 138 valence electrons. The summed E-state index contributed by atoms with van der Waals surface area (Å²) >= 11 is 0. The molecular weight excluding hydrogens is 336 g/mol. The van der Waals surface area contributed by atoms with E-state index < -0.39 is 11.9 Å². The third-order valence-electron chi connectivity index (χ3n) is 3.85. The Morgan fingerprint density at radius 2 is 1.31 bits per heavy atom. The second-order valence-electron chi connectivity index (χ2n) is 6.07. The van der Waals surface area contributed by atoms with E-state index in [4.69, 9.17) is 19.7 Å². The maximum absolute atomic E-state index is 10.8. The van der Waals surface area contributed by atoms with Gasteiger partial charge in [0.05, 0.1) is 24.3 Å². The van der Waals surface area contributed by atoms with E-state index in [1.54, 1.807) is 24.3 Å². The zero-order valence-corrected chi connectivity index (χ0v) is 14.6. The van der Waals surface area contributed by atoms with E-state index in [2.05, 4.69) is 6.92 Å². The Morgan fingerprint density at radius 3 is 1.77 bits per heavy atom. The van der Waals surface area contributed by atoms with Crippen LogP contribution in [-0.4, -0.2) is 35.4 Å². The summed E-state index contributed by atoms with van der Waals surface area (Å²) in [6, 6.07) is 12.7. The molecule has 0 aliphatic carbocycles. The minimum absolute atomic E-state index is 0.235. The minimum Gasteiger partial charge on any atom is -0.494 e. The monoisotopic (exact) mass is 358 g/mol. The molecule has 0 aromatic heterocycles. The van der Waals surface area contributed by atoms with E-state index in [0.717, 1.165) is 12.8 Å². The van der Waals surface area contributed by atoms with Crippen molar-refractivity contribution in [2.45, 2.75) is 19.8 Å². The highest BCUT2D eigenvalue weighted by Gasteiger charge is 2.06. The van der Waals surface area contributed by atoms with Crippen molar-refractivity contribution >= 4 is 11.9 Å². The fraction of sp³-hybridized carbons (Fsp3) is 0.300. The van der Waals surface area contributed by atoms with Gasteiger partial charge >= 0.3 is 11.9 Å². The summed E-state index contributed by atoms with van der Waals surface area (Å²) in [5.41, 5.74) is 0.471. The van der Waals surface area contributed by atoms with Crippen molar-refractivity contribution in [2.75, 3.05) is 13.2 Å². The molecule has 26 heavy (non-hydrogen) atoms. The molecule has 0 amide bonds. The van der Waals surface area contributed by atoms with Gasteiger partial charge in [0.1, 0.15) is 11.5 Å². The van der Waals surface area contributed by atoms with Crippen molar-refractivity contribution in [1.82, 2.24) is 0 Å². The quantitative estimate of drug-likeness (QED) is 0.625. The van der Waals surface area contributed by atoms with Gasteiger partial charge in [-0.15, -0.1) is 0 Å². The number of carboxylic acids is 2. The van der Waals surface area contributed by atoms with Crippen LogP contribution in [0.5, 0.6) is 11.5 Å². The van der Waals surface area contributed by atoms with Crippen LogP contribution in [0.25, 0.3) is 0 Å². The normalized spacial score (nSPS) is 11.6. The number of aromatic carboxylic acids is 2. The number of hydrogen-bond acceptors (Lipinski definition) is 4. The molecule has 0 saturated heterocycles. The van der Waals surface area contributed by atoms with Gasteiger partial charge in [-0.2, -0.15) is 0 Å². The molecule has 2 rings (SSSR count). The molecule has 2 N–H and O–H groups in total. The van der Waals surface area contributed by atoms with E-state index in [1.807, 2.05) is 0 Å². The molecule has 0 aliphatic heterocycles. The fourth-order valence-electron chi connectivity index (χ4n) is 2.33. The highest BCUT2D eigenvalue weighted by atomic mass is 16.5. The number of benzene rings is 2. The number of carbonyl (C=O) groups is 2. The summed E-state index contributed by atoms with van der Waals surface area (Å²) in [5, 5.41) is 17.7. The van der Waals surface area contributed by atoms with Crippen LogP contribution in [0.2, 0.25) is 0 Å². The van der Waals surface area contributed by atoms with Gasteiger partial charge in [0.2, 0.25) is 0 Å². The van der Waals surface area contributed by atoms with Crippen LogP contribution < -0.4 is 9.47 Å². The van der Waals surface area contributed by atoms with Crippen molar-refractivity contribution in [3.63, 3.8) is 0 Å². The second-order valence-corrected chi connectivity index (χ2v) is 6.07. The molecule has 1 unspecified atom stereocenters. The van der Waals surface area contributed by atoms with Gasteiger partial charge < -0.3 is 19.7 Å². The molecule has 0 saturated carbocycles. The lowest BCUT2D eigenvalue weighted by molar-refractivity contribution is 0.0686. The lowest BCUT2D eigenvalue weighted by Crippen LogP contribution is -2.10. The first-order valence-electron chi connectivity index (χ1n) is 8.38. The highest BCUT2D eigenvalue weighted by molar-refractivity contribution is 5.88. The molecule has 2 aromatic rings. The summed E-state index contributed by atoms with van der Waals surface area (Å²) in [7, 11) is 0. The summed E-state index contributed by atoms with van der Waals surface area (Å²) in [4.78, 5) is 21.6. The van der Waals surface area contributed by atoms with Gasteiger partial charge in [-0.1, -0.05) is 6.92 Å². The van der Waals surface area contributed by atoms with Crippen molar-refractivity contribution in [3.05, 3.63) is 59.7 Å². The average molecular weight is 358 g/mol. The SMILES string of the molecule is CC(CCCOc1ccc(C(=O)O)cc1)COc1ccc(C(=O)O)cc1. The van der Waals surface area contributed by atoms with Crippen LogP contribution in [-0.2, 0) is 0 Å². The van der Waals surface area contributed by atoms with E-state index in [0.29, 0.717) is 30.6 Å². The Balaban J connectivity index is 1.64. The smallest absolute Gasteiger partial charge is 0.335 e. The standard InChI is InChI=1S/C20H22O6/c1-14(13-26-18-10-6-16(7-11-18)20(23)24)3-2-12-25-17-8-4-15(5-9-17)19(21)22/h4-11,14H,2-3,12-13H2,1H3,(H,21,22)(H,23,24). The molecule has 0 aliphatic rings. The van der Waals surface area contributed by atoms with Crippen LogP contribution in [0, 0.1) is 5.92 Å². The Kier molecular flexibility index (Phi) is 7.02. The Morgan fingerprint density at radius 1 is 0.846 bits per heavy atom. The number of ether oxygens (including phenoxy) is 2. The maximum Gasteiger partial charge on any atom is 0.335 e. The van der Waals surface area contributed by atoms with Crippen LogP contribution in [0.1, 0.15) is 40.5 Å². The van der Waals surface area contributed by atoms with Gasteiger partial charge in [-0.25, -0.2) is 9.59 Å². The van der Waals surface area contributed by atoms with Gasteiger partial charge in [-0.3, -0.25) is 0 Å². The minimum atomic E-state index is -0.956. The second kappa shape index (κ2) is 9.46. The lowest BCUT2D eigenvalue weighted by Gasteiger charge is -2.13. The summed E-state index contributed by atoms with van der Waals surface area (Å²) in [6.45, 7) is 3.16. The zero-order valence-electron chi connectivity index (χ0n) is 14.6. The molecular formula is C20H22O6. The fourth-order valence-corrected chi connectivity index (χ4v) is 2.33. The molecule has 6 nitrogen and oxygen atoms in total. The van der Waals surface area contributed by atoms with Gasteiger partial charge in [0, 0.05) is 0 Å². The molecule has 1 atom stereocenters. The maximum atomic E-state index is 10.8. The van der Waals surface area contributed by atoms with Crippen molar-refractivity contribution in [1.29, 1.82) is 0 Å². The first-order chi connectivity index (χ1) is 12.5. The Bertz CT molecular complexity index is 721. The first kappa shape index (κ1) is 19.3. The number of hydrogen-bond donors (Lipinski definition) is 2. The molecule has 0 heterocycles. The van der Waals surface area contributed by atoms with Crippen LogP contribution in [0.4, 0.5) is 0 Å². The van der Waals surface area contributed by atoms with Crippen LogP contribution in [0.3, 0.4) is 0 Å². The summed E-state index contributed by atoms with van der Waals surface area (Å²) in [5.74, 6) is -0.285. The third-order valence-corrected chi connectivity index (χ3v) is 3.85. The number of carboxylic acid groups (broad SMARTS) is 2. The van der Waals surface area contributed by atoms with E-state index >= 15 is 0 Å². The van der Waals surface area contributed by atoms with E-state index in [9.17, 15) is 9.59 Å². The predicted octanol–water partition coefficient (Wildman–Crippen LogP) is 3.96. The lowest BCUT2D eigenvalue weighted by atomic mass is 10.1. The zero-order chi connectivity index (χ0) is 18.9. The molecule has 0 radical (unpaired) electrons. The van der Waals surface area contributed by atoms with E-state index in [1.165, 1.54) is 24.3 Å². The van der Waals surface area contributed by atoms with Crippen molar-refractivity contribution in [3.8, 4) is 11.5 Å². The van der Waals surface area contributed by atoms with E-state index in [-0.39, 0.29) is 11.1 Å². The highest BCUT2D eigenvalue weighted by Crippen LogP contribution is 2.16. The largest absolute Gasteiger partial charge is 0.494 e. The number of rotatable bonds is 10. The van der Waals surface area contributed by atoms with Crippen LogP contribution in [0.15, 0.2) is 48.5 Å². The topological polar surface area (TPSA) is 93.1 Å². The van der Waals surface area contributed by atoms with Crippen molar-refractivity contribution in [2.24, 2.45) is 5.92 Å². The van der Waals surface area contributed by atoms with Crippen LogP contribution >= 0.6 is 0 Å². The van der Waals surface area contributed by atoms with Gasteiger partial charge in [0.25, 0.3) is 0 Å². The Labute approximate surface area is 152 Å². The molecule has 0 spiro atoms. The third kappa shape index (κ3) is 6.12. The molecule has 0 bridgehead atoms. The van der Waals surface area contributed by atoms with Gasteiger partial charge in [-0.05, 0) is 67.3 Å². The average Bonchev–Trinajstić information content (AvgIpc) is 2.64. The molecule has 2 aromatic carbocycles. The van der Waals surface area contributed by atoms with Crippen molar-refractivity contribution < 1.29 is 29.3 Å². The predicted molar refractivity (Wildman–Crippen MR) is 96.2 cm³/mol.